The molecular formula is C68H74O16S4. The zero-order valence-electron chi connectivity index (χ0n) is 50.4. The molecule has 16 nitrogen and oxygen atoms in total. The van der Waals surface area contributed by atoms with Gasteiger partial charge in [0.25, 0.3) is 0 Å². The Morgan fingerprint density at radius 3 is 0.920 bits per heavy atom. The lowest BCUT2D eigenvalue weighted by Gasteiger charge is -2.26. The van der Waals surface area contributed by atoms with Crippen molar-refractivity contribution < 1.29 is 72.3 Å². The number of benzene rings is 8. The van der Waals surface area contributed by atoms with Crippen LogP contribution in [0, 0.1) is 0 Å². The Kier molecular flexibility index (Phi) is 21.2. The van der Waals surface area contributed by atoms with E-state index in [1.807, 2.05) is 48.5 Å². The first-order chi connectivity index (χ1) is 41.7. The fourth-order valence-corrected chi connectivity index (χ4v) is 16.6. The van der Waals surface area contributed by atoms with Crippen LogP contribution in [0.1, 0.15) is 88.8 Å². The molecule has 0 fully saturated rings. The number of ether oxygens (including phenoxy) is 6. The Bertz CT molecular complexity index is 3860. The smallest absolute Gasteiger partial charge is 0.207 e. The topological polar surface area (TPSA) is 232 Å². The molecule has 0 aliphatic heterocycles. The van der Waals surface area contributed by atoms with Gasteiger partial charge in [0.1, 0.15) is 46.0 Å². The Labute approximate surface area is 517 Å². The van der Waals surface area contributed by atoms with Crippen molar-refractivity contribution in [1.82, 2.24) is 0 Å². The quantitative estimate of drug-likeness (QED) is 0.0328. The maximum Gasteiger partial charge on any atom is 0.207 e. The van der Waals surface area contributed by atoms with Gasteiger partial charge < -0.3 is 38.6 Å². The maximum atomic E-state index is 14.2. The summed E-state index contributed by atoms with van der Waals surface area (Å²) in [5.74, 6) is -0.526. The molecule has 0 heterocycles. The van der Waals surface area contributed by atoms with Crippen molar-refractivity contribution in [1.29, 1.82) is 0 Å². The molecular weight excluding hydrogens is 1200 g/mol. The second-order valence-corrected chi connectivity index (χ2v) is 29.7. The van der Waals surface area contributed by atoms with Gasteiger partial charge in [-0.2, -0.15) is 0 Å². The van der Waals surface area contributed by atoms with Gasteiger partial charge in [-0.3, -0.25) is 0 Å². The van der Waals surface area contributed by atoms with E-state index in [0.717, 1.165) is 59.4 Å². The highest BCUT2D eigenvalue weighted by molar-refractivity contribution is 7.95. The van der Waals surface area contributed by atoms with Crippen LogP contribution in [-0.2, 0) is 72.5 Å². The van der Waals surface area contributed by atoms with Gasteiger partial charge in [0.15, 0.2) is 32.3 Å². The SMILES string of the molecule is CCOc1ccc(S(=O)(=O)c2ccc(Oc3ccc(C(C)(C)c4ccc(CC)cc4)cc3)cc2)c(S(=O)(=O)CC(O)OCCOC(O)CS(=O)(=O)c2cc(OCC)ccc2S(=O)(=O)c2ccc(Oc3ccc(C(C)(C)c4ccc(CC)cc4)cc3)cc2)c1. The van der Waals surface area contributed by atoms with Gasteiger partial charge >= 0.3 is 0 Å². The largest absolute Gasteiger partial charge is 0.494 e. The number of hydrogen-bond acceptors (Lipinski definition) is 16. The molecule has 2 N–H and O–H groups in total. The second-order valence-electron chi connectivity index (χ2n) is 21.9. The summed E-state index contributed by atoms with van der Waals surface area (Å²) < 4.78 is 147. The first-order valence-corrected chi connectivity index (χ1v) is 35.0. The first kappa shape index (κ1) is 66.6. The molecule has 0 saturated carbocycles. The maximum absolute atomic E-state index is 14.2. The summed E-state index contributed by atoms with van der Waals surface area (Å²) >= 11 is 0. The molecule has 0 amide bonds. The van der Waals surface area contributed by atoms with Crippen LogP contribution in [0.15, 0.2) is 211 Å². The lowest BCUT2D eigenvalue weighted by Crippen LogP contribution is -2.29. The van der Waals surface area contributed by atoms with Crippen LogP contribution in [-0.4, -0.2) is 94.4 Å². The highest BCUT2D eigenvalue weighted by atomic mass is 32.2. The van der Waals surface area contributed by atoms with Crippen molar-refractivity contribution in [3.63, 3.8) is 0 Å². The summed E-state index contributed by atoms with van der Waals surface area (Å²) in [7, 11) is -18.4. The van der Waals surface area contributed by atoms with Crippen LogP contribution < -0.4 is 18.9 Å². The summed E-state index contributed by atoms with van der Waals surface area (Å²) in [6, 6.07) is 50.1. The lowest BCUT2D eigenvalue weighted by atomic mass is 9.78. The molecule has 8 aromatic rings. The third kappa shape index (κ3) is 15.7. The van der Waals surface area contributed by atoms with Gasteiger partial charge in [-0.25, -0.2) is 33.7 Å². The van der Waals surface area contributed by atoms with Crippen LogP contribution in [0.4, 0.5) is 0 Å². The number of sulfone groups is 4. The lowest BCUT2D eigenvalue weighted by molar-refractivity contribution is -0.133. The standard InChI is InChI=1S/C68H74O16S4/c1-9-47-13-17-49(18-14-47)67(5,6)51-21-25-53(26-22-51)83-55-29-35-59(36-30-55)87(75,76)61-39-33-57(79-11-3)43-63(61)85(71,72)45-65(69)81-41-42-82-66(70)46-86(73,74)64-44-58(80-12-4)34-40-62(64)88(77,78)60-37-31-56(32-38-60)84-54-27-23-52(24-28-54)68(7,8)50-19-15-48(10-2)16-20-50/h13-40,43-44,65-66,69-70H,9-12,41-42,45-46H2,1-8H3. The predicted molar refractivity (Wildman–Crippen MR) is 336 cm³/mol. The van der Waals surface area contributed by atoms with E-state index in [-0.39, 0.29) is 45.3 Å². The number of hydrogen-bond donors (Lipinski definition) is 2. The summed E-state index contributed by atoms with van der Waals surface area (Å²) in [5.41, 5.74) is 6.38. The Balaban J connectivity index is 0.877. The summed E-state index contributed by atoms with van der Waals surface area (Å²) in [4.78, 5) is -3.02. The fraction of sp³-hybridized carbons (Fsp3) is 0.294. The monoisotopic (exact) mass is 1270 g/mol. The van der Waals surface area contributed by atoms with Crippen molar-refractivity contribution in [2.75, 3.05) is 37.9 Å². The van der Waals surface area contributed by atoms with E-state index in [0.29, 0.717) is 23.0 Å². The van der Waals surface area contributed by atoms with Gasteiger partial charge in [0.2, 0.25) is 19.7 Å². The second kappa shape index (κ2) is 28.0. The van der Waals surface area contributed by atoms with Crippen LogP contribution in [0.2, 0.25) is 0 Å². The summed E-state index contributed by atoms with van der Waals surface area (Å²) in [6.07, 6.45) is -2.25. The normalized spacial score (nSPS) is 13.2. The van der Waals surface area contributed by atoms with Gasteiger partial charge in [-0.05, 0) is 157 Å². The van der Waals surface area contributed by atoms with Crippen molar-refractivity contribution in [2.45, 2.75) is 121 Å². The molecule has 0 radical (unpaired) electrons. The van der Waals surface area contributed by atoms with E-state index in [1.54, 1.807) is 13.8 Å². The minimum absolute atomic E-state index is 0.0428. The van der Waals surface area contributed by atoms with Crippen molar-refractivity contribution in [3.05, 3.63) is 215 Å². The molecule has 0 spiro atoms. The summed E-state index contributed by atoms with van der Waals surface area (Å²) in [6.45, 7) is 15.2. The third-order valence-electron chi connectivity index (χ3n) is 15.2. The van der Waals surface area contributed by atoms with Crippen LogP contribution in [0.3, 0.4) is 0 Å². The van der Waals surface area contributed by atoms with Crippen molar-refractivity contribution >= 4 is 39.3 Å². The molecule has 8 rings (SSSR count). The van der Waals surface area contributed by atoms with Crippen LogP contribution >= 0.6 is 0 Å². The molecule has 0 bridgehead atoms. The zero-order chi connectivity index (χ0) is 63.7. The molecule has 2 unspecified atom stereocenters. The van der Waals surface area contributed by atoms with Crippen molar-refractivity contribution in [3.8, 4) is 34.5 Å². The van der Waals surface area contributed by atoms with E-state index in [2.05, 4.69) is 90.1 Å². The van der Waals surface area contributed by atoms with E-state index in [9.17, 15) is 43.9 Å². The highest BCUT2D eigenvalue weighted by Gasteiger charge is 2.34. The summed E-state index contributed by atoms with van der Waals surface area (Å²) in [5, 5.41) is 21.7. The minimum atomic E-state index is -4.68. The Morgan fingerprint density at radius 2 is 0.636 bits per heavy atom. The first-order valence-electron chi connectivity index (χ1n) is 28.8. The fourth-order valence-electron chi connectivity index (χ4n) is 9.87. The van der Waals surface area contributed by atoms with Crippen LogP contribution in [0.5, 0.6) is 34.5 Å². The number of rotatable bonds is 29. The predicted octanol–water partition coefficient (Wildman–Crippen LogP) is 12.4. The molecule has 0 aliphatic carbocycles. The van der Waals surface area contributed by atoms with Gasteiger partial charge in [0, 0.05) is 23.0 Å². The average molecular weight is 1280 g/mol. The third-order valence-corrected chi connectivity index (χ3v) is 22.6. The molecule has 0 saturated heterocycles. The molecule has 0 aliphatic rings. The Hall–Kier alpha value is -7.40. The Morgan fingerprint density at radius 1 is 0.364 bits per heavy atom. The van der Waals surface area contributed by atoms with Crippen LogP contribution in [0.25, 0.3) is 0 Å². The molecule has 88 heavy (non-hydrogen) atoms. The molecule has 2 atom stereocenters. The zero-order valence-corrected chi connectivity index (χ0v) is 53.6. The van der Waals surface area contributed by atoms with Gasteiger partial charge in [-0.1, -0.05) is 114 Å². The minimum Gasteiger partial charge on any atom is -0.494 e. The molecule has 466 valence electrons. The number of aryl methyl sites for hydroxylation is 2. The average Bonchev–Trinajstić information content (AvgIpc) is 1.63. The highest BCUT2D eigenvalue weighted by Crippen LogP contribution is 2.38. The number of aliphatic hydroxyl groups excluding tert-OH is 2. The van der Waals surface area contributed by atoms with Gasteiger partial charge in [0.05, 0.1) is 55.8 Å². The molecule has 0 aromatic heterocycles. The van der Waals surface area contributed by atoms with E-state index in [1.165, 1.54) is 71.8 Å². The van der Waals surface area contributed by atoms with Gasteiger partial charge in [-0.15, -0.1) is 0 Å². The van der Waals surface area contributed by atoms with E-state index >= 15 is 0 Å². The molecule has 8 aromatic carbocycles. The van der Waals surface area contributed by atoms with E-state index in [4.69, 9.17) is 28.4 Å². The van der Waals surface area contributed by atoms with Crippen molar-refractivity contribution in [2.24, 2.45) is 0 Å². The number of aliphatic hydroxyl groups is 2. The molecule has 20 heteroatoms. The van der Waals surface area contributed by atoms with E-state index < -0.39 is 96.2 Å².